The number of benzene rings is 1. The minimum absolute atomic E-state index is 0.140. The molecule has 1 aromatic carbocycles. The molecule has 144 valence electrons. The molecule has 2 heterocycles. The number of ketones is 1. The largest absolute Gasteiger partial charge is 0.444 e. The third kappa shape index (κ3) is 3.80. The number of carbonyl (C=O) groups excluding carboxylic acids is 2. The summed E-state index contributed by atoms with van der Waals surface area (Å²) in [5.74, 6) is -2.75. The van der Waals surface area contributed by atoms with E-state index in [1.54, 1.807) is 31.7 Å². The molecule has 3 rings (SSSR count). The van der Waals surface area contributed by atoms with Crippen LogP contribution in [0.2, 0.25) is 0 Å². The van der Waals surface area contributed by atoms with E-state index >= 15 is 0 Å². The van der Waals surface area contributed by atoms with E-state index in [1.165, 1.54) is 0 Å². The number of hydrogen-bond acceptors (Lipinski definition) is 4. The fraction of sp³-hybridized carbons (Fsp3) is 0.550. The van der Waals surface area contributed by atoms with E-state index in [4.69, 9.17) is 10.00 Å². The summed E-state index contributed by atoms with van der Waals surface area (Å²) in [4.78, 5) is 26.9. The van der Waals surface area contributed by atoms with Gasteiger partial charge in [0.2, 0.25) is 0 Å². The number of halogens is 2. The Morgan fingerprint density at radius 1 is 1.15 bits per heavy atom. The Labute approximate surface area is 156 Å². The van der Waals surface area contributed by atoms with E-state index in [2.05, 4.69) is 0 Å². The molecular formula is C20H22F2N2O3. The van der Waals surface area contributed by atoms with Gasteiger partial charge in [-0.1, -0.05) is 0 Å². The highest BCUT2D eigenvalue weighted by Gasteiger charge is 2.46. The molecule has 2 atom stereocenters. The molecule has 27 heavy (non-hydrogen) atoms. The van der Waals surface area contributed by atoms with Gasteiger partial charge in [0.1, 0.15) is 23.3 Å². The molecule has 0 saturated carbocycles. The molecule has 5 nitrogen and oxygen atoms in total. The molecule has 2 bridgehead atoms. The Morgan fingerprint density at radius 2 is 1.74 bits per heavy atom. The molecule has 7 heteroatoms. The molecule has 0 spiro atoms. The van der Waals surface area contributed by atoms with Crippen molar-refractivity contribution in [3.63, 3.8) is 0 Å². The van der Waals surface area contributed by atoms with E-state index in [1.807, 2.05) is 0 Å². The van der Waals surface area contributed by atoms with Crippen LogP contribution in [0.4, 0.5) is 13.6 Å². The van der Waals surface area contributed by atoms with Crippen LogP contribution in [-0.4, -0.2) is 34.5 Å². The van der Waals surface area contributed by atoms with Crippen LogP contribution in [0.3, 0.4) is 0 Å². The van der Waals surface area contributed by atoms with Crippen LogP contribution in [0.5, 0.6) is 0 Å². The number of rotatable bonds is 2. The average Bonchev–Trinajstić information content (AvgIpc) is 2.84. The summed E-state index contributed by atoms with van der Waals surface area (Å²) in [6, 6.07) is 2.84. The van der Waals surface area contributed by atoms with Crippen molar-refractivity contribution in [1.29, 1.82) is 5.26 Å². The topological polar surface area (TPSA) is 70.4 Å². The number of hydrogen-bond donors (Lipinski definition) is 0. The number of nitriles is 1. The maximum atomic E-state index is 14.2. The molecule has 2 fully saturated rings. The zero-order valence-electron chi connectivity index (χ0n) is 15.6. The highest BCUT2D eigenvalue weighted by Crippen LogP contribution is 2.41. The van der Waals surface area contributed by atoms with Crippen LogP contribution in [0.25, 0.3) is 0 Å². The number of fused-ring (bicyclic) bond motifs is 2. The number of Topliss-reactive ketones (excluding diaryl/α,β-unsaturated/α-hetero) is 1. The van der Waals surface area contributed by atoms with Crippen LogP contribution < -0.4 is 0 Å². The Kier molecular flexibility index (Phi) is 4.94. The molecule has 1 aromatic rings. The Bertz CT molecular complexity index is 812. The zero-order chi connectivity index (χ0) is 19.9. The normalized spacial score (nSPS) is 24.4. The fourth-order valence-corrected chi connectivity index (χ4v) is 4.05. The first kappa shape index (κ1) is 19.3. The van der Waals surface area contributed by atoms with Gasteiger partial charge in [-0.2, -0.15) is 5.26 Å². The van der Waals surface area contributed by atoms with Crippen LogP contribution in [-0.2, 0) is 4.74 Å². The first-order valence-electron chi connectivity index (χ1n) is 9.05. The van der Waals surface area contributed by atoms with Gasteiger partial charge in [0.15, 0.2) is 5.78 Å². The van der Waals surface area contributed by atoms with Crippen molar-refractivity contribution in [1.82, 2.24) is 4.90 Å². The molecular weight excluding hydrogens is 354 g/mol. The second-order valence-corrected chi connectivity index (χ2v) is 8.23. The summed E-state index contributed by atoms with van der Waals surface area (Å²) in [7, 11) is 0. The van der Waals surface area contributed by atoms with Crippen molar-refractivity contribution in [3.8, 4) is 6.07 Å². The van der Waals surface area contributed by atoms with Crippen molar-refractivity contribution in [2.45, 2.75) is 64.1 Å². The van der Waals surface area contributed by atoms with E-state index in [9.17, 15) is 18.4 Å². The summed E-state index contributed by atoms with van der Waals surface area (Å²) in [5.41, 5.74) is -1.36. The van der Waals surface area contributed by atoms with E-state index in [-0.39, 0.29) is 17.6 Å². The van der Waals surface area contributed by atoms with Crippen molar-refractivity contribution in [2.24, 2.45) is 5.92 Å². The summed E-state index contributed by atoms with van der Waals surface area (Å²) in [6.07, 6.45) is 1.93. The monoisotopic (exact) mass is 376 g/mol. The average molecular weight is 376 g/mol. The molecule has 2 aliphatic heterocycles. The molecule has 1 amide bonds. The zero-order valence-corrected chi connectivity index (χ0v) is 15.6. The van der Waals surface area contributed by atoms with Gasteiger partial charge >= 0.3 is 6.09 Å². The predicted molar refractivity (Wildman–Crippen MR) is 93.0 cm³/mol. The second kappa shape index (κ2) is 6.91. The molecule has 0 aromatic heterocycles. The van der Waals surface area contributed by atoms with E-state index in [0.717, 1.165) is 25.0 Å². The number of piperidine rings is 1. The number of nitrogens with zero attached hydrogens (tertiary/aromatic N) is 2. The highest BCUT2D eigenvalue weighted by atomic mass is 19.1. The highest BCUT2D eigenvalue weighted by molar-refractivity contribution is 5.98. The lowest BCUT2D eigenvalue weighted by Crippen LogP contribution is -2.49. The first-order chi connectivity index (χ1) is 12.6. The Morgan fingerprint density at radius 3 is 2.26 bits per heavy atom. The van der Waals surface area contributed by atoms with Crippen LogP contribution in [0.1, 0.15) is 62.4 Å². The third-order valence-corrected chi connectivity index (χ3v) is 5.15. The van der Waals surface area contributed by atoms with Gasteiger partial charge in [0, 0.05) is 18.0 Å². The molecule has 0 radical (unpaired) electrons. The quantitative estimate of drug-likeness (QED) is 0.726. The summed E-state index contributed by atoms with van der Waals surface area (Å²) < 4.78 is 33.5. The molecule has 0 N–H and O–H groups in total. The summed E-state index contributed by atoms with van der Waals surface area (Å²) in [6.45, 7) is 5.39. The van der Waals surface area contributed by atoms with Crippen LogP contribution in [0, 0.1) is 28.9 Å². The smallest absolute Gasteiger partial charge is 0.410 e. The molecule has 2 unspecified atom stereocenters. The maximum Gasteiger partial charge on any atom is 0.410 e. The first-order valence-corrected chi connectivity index (χ1v) is 9.05. The molecule has 2 aliphatic rings. The standard InChI is InChI=1S/C20H22F2N2O3/c1-20(2,3)27-19(26)24-13-4-5-14(24)7-11(6-13)18(25)15-9-16(21)12(10-23)8-17(15)22/h8-9,11,13-14H,4-7H2,1-3H3. The predicted octanol–water partition coefficient (Wildman–Crippen LogP) is 4.20. The van der Waals surface area contributed by atoms with Crippen molar-refractivity contribution in [3.05, 3.63) is 34.9 Å². The van der Waals surface area contributed by atoms with Crippen LogP contribution in [0.15, 0.2) is 12.1 Å². The van der Waals surface area contributed by atoms with Crippen molar-refractivity contribution >= 4 is 11.9 Å². The molecule has 2 saturated heterocycles. The van der Waals surface area contributed by atoms with Crippen LogP contribution >= 0.6 is 0 Å². The van der Waals surface area contributed by atoms with Gasteiger partial charge in [-0.15, -0.1) is 0 Å². The third-order valence-electron chi connectivity index (χ3n) is 5.15. The minimum Gasteiger partial charge on any atom is -0.444 e. The van der Waals surface area contributed by atoms with Gasteiger partial charge in [-0.25, -0.2) is 13.6 Å². The summed E-state index contributed by atoms with van der Waals surface area (Å²) in [5, 5.41) is 8.77. The maximum absolute atomic E-state index is 14.2. The van der Waals surface area contributed by atoms with E-state index < -0.39 is 40.6 Å². The number of carbonyl (C=O) groups is 2. The second-order valence-electron chi connectivity index (χ2n) is 8.23. The lowest BCUT2D eigenvalue weighted by Gasteiger charge is -2.39. The molecule has 0 aliphatic carbocycles. The van der Waals surface area contributed by atoms with Gasteiger partial charge in [-0.3, -0.25) is 4.79 Å². The SMILES string of the molecule is CC(C)(C)OC(=O)N1C2CCC1CC(C(=O)c1cc(F)c(C#N)cc1F)C2. The van der Waals surface area contributed by atoms with Gasteiger partial charge in [0.25, 0.3) is 0 Å². The van der Waals surface area contributed by atoms with E-state index in [0.29, 0.717) is 12.8 Å². The van der Waals surface area contributed by atoms with Gasteiger partial charge < -0.3 is 9.64 Å². The Hall–Kier alpha value is -2.49. The number of amides is 1. The van der Waals surface area contributed by atoms with Gasteiger partial charge in [-0.05, 0) is 58.6 Å². The van der Waals surface area contributed by atoms with Crippen molar-refractivity contribution in [2.75, 3.05) is 0 Å². The van der Waals surface area contributed by atoms with Crippen molar-refractivity contribution < 1.29 is 23.1 Å². The Balaban J connectivity index is 1.77. The lowest BCUT2D eigenvalue weighted by atomic mass is 9.84. The van der Waals surface area contributed by atoms with Gasteiger partial charge in [0.05, 0.1) is 11.1 Å². The number of ether oxygens (including phenoxy) is 1. The summed E-state index contributed by atoms with van der Waals surface area (Å²) >= 11 is 0. The minimum atomic E-state index is -0.906. The lowest BCUT2D eigenvalue weighted by molar-refractivity contribution is 0.00250. The fourth-order valence-electron chi connectivity index (χ4n) is 4.05.